The molecule has 0 aliphatic carbocycles. The van der Waals surface area contributed by atoms with Crippen LogP contribution < -0.4 is 4.74 Å². The molecule has 98 valence electrons. The number of fused-ring (bicyclic) bond motifs is 1. The van der Waals surface area contributed by atoms with Crippen molar-refractivity contribution in [1.29, 1.82) is 0 Å². The topological polar surface area (TPSA) is 12.5 Å². The quantitative estimate of drug-likeness (QED) is 0.767. The summed E-state index contributed by atoms with van der Waals surface area (Å²) in [5, 5.41) is 0. The average molecular weight is 336 g/mol. The van der Waals surface area contributed by atoms with Crippen molar-refractivity contribution in [2.75, 3.05) is 7.11 Å². The van der Waals surface area contributed by atoms with Crippen molar-refractivity contribution >= 4 is 27.9 Å². The van der Waals surface area contributed by atoms with Gasteiger partial charge in [-0.2, -0.15) is 0 Å². The lowest BCUT2D eigenvalue weighted by Gasteiger charge is -2.13. The van der Waals surface area contributed by atoms with E-state index in [0.717, 1.165) is 23.3 Å². The van der Waals surface area contributed by atoms with Crippen LogP contribution >= 0.6 is 27.9 Å². The van der Waals surface area contributed by atoms with E-state index in [1.54, 1.807) is 7.11 Å². The number of benzene rings is 2. The largest absolute Gasteiger partial charge is 0.497 e. The Balaban J connectivity index is 1.69. The molecule has 0 aromatic heterocycles. The van der Waals surface area contributed by atoms with E-state index in [0.29, 0.717) is 0 Å². The molecule has 0 radical (unpaired) electrons. The SMILES string of the molecule is COc1ccc(CN2Cc3cc(Br)ccc3S2)cc1. The lowest BCUT2D eigenvalue weighted by atomic mass is 10.2. The molecule has 2 aromatic rings. The number of nitrogens with zero attached hydrogens (tertiary/aromatic N) is 1. The van der Waals surface area contributed by atoms with Gasteiger partial charge in [-0.05, 0) is 53.4 Å². The minimum Gasteiger partial charge on any atom is -0.497 e. The van der Waals surface area contributed by atoms with Crippen molar-refractivity contribution < 1.29 is 4.74 Å². The highest BCUT2D eigenvalue weighted by molar-refractivity contribution is 9.10. The first kappa shape index (κ1) is 13.0. The van der Waals surface area contributed by atoms with Crippen molar-refractivity contribution in [1.82, 2.24) is 4.31 Å². The Kier molecular flexibility index (Phi) is 3.82. The van der Waals surface area contributed by atoms with Gasteiger partial charge in [0.25, 0.3) is 0 Å². The summed E-state index contributed by atoms with van der Waals surface area (Å²) >= 11 is 5.36. The first-order valence-electron chi connectivity index (χ1n) is 6.09. The predicted molar refractivity (Wildman–Crippen MR) is 82.2 cm³/mol. The smallest absolute Gasteiger partial charge is 0.118 e. The zero-order chi connectivity index (χ0) is 13.2. The second-order valence-corrected chi connectivity index (χ2v) is 6.54. The standard InChI is InChI=1S/C15H14BrNOS/c1-18-14-5-2-11(3-6-14)9-17-10-12-8-13(16)4-7-15(12)19-17/h2-8H,9-10H2,1H3. The number of hydrogen-bond donors (Lipinski definition) is 0. The fourth-order valence-corrected chi connectivity index (χ4v) is 3.62. The normalized spacial score (nSPS) is 14.4. The number of halogens is 1. The van der Waals surface area contributed by atoms with Gasteiger partial charge in [-0.1, -0.05) is 28.1 Å². The van der Waals surface area contributed by atoms with Crippen LogP contribution in [0.3, 0.4) is 0 Å². The fraction of sp³-hybridized carbons (Fsp3) is 0.200. The molecular formula is C15H14BrNOS. The molecule has 19 heavy (non-hydrogen) atoms. The first-order valence-corrected chi connectivity index (χ1v) is 7.65. The van der Waals surface area contributed by atoms with E-state index in [4.69, 9.17) is 4.74 Å². The summed E-state index contributed by atoms with van der Waals surface area (Å²) in [4.78, 5) is 1.36. The summed E-state index contributed by atoms with van der Waals surface area (Å²) in [6, 6.07) is 14.8. The summed E-state index contributed by atoms with van der Waals surface area (Å²) < 4.78 is 8.70. The van der Waals surface area contributed by atoms with Crippen molar-refractivity contribution in [3.63, 3.8) is 0 Å². The van der Waals surface area contributed by atoms with Gasteiger partial charge in [0.05, 0.1) is 7.11 Å². The molecule has 2 nitrogen and oxygen atoms in total. The number of rotatable bonds is 3. The molecular weight excluding hydrogens is 322 g/mol. The second-order valence-electron chi connectivity index (χ2n) is 4.49. The molecule has 1 heterocycles. The van der Waals surface area contributed by atoms with Crippen molar-refractivity contribution in [3.05, 3.63) is 58.1 Å². The minimum absolute atomic E-state index is 0.907. The third-order valence-corrected chi connectivity index (χ3v) is 4.72. The van der Waals surface area contributed by atoms with Gasteiger partial charge in [0.15, 0.2) is 0 Å². The number of methoxy groups -OCH3 is 1. The van der Waals surface area contributed by atoms with Crippen molar-refractivity contribution in [3.8, 4) is 5.75 Å². The summed E-state index contributed by atoms with van der Waals surface area (Å²) in [5.74, 6) is 0.907. The van der Waals surface area contributed by atoms with Crippen LogP contribution in [0, 0.1) is 0 Å². The highest BCUT2D eigenvalue weighted by atomic mass is 79.9. The Morgan fingerprint density at radius 1 is 1.21 bits per heavy atom. The maximum atomic E-state index is 5.18. The predicted octanol–water partition coefficient (Wildman–Crippen LogP) is 4.48. The van der Waals surface area contributed by atoms with Crippen molar-refractivity contribution in [2.24, 2.45) is 0 Å². The van der Waals surface area contributed by atoms with Crippen LogP contribution in [0.1, 0.15) is 11.1 Å². The van der Waals surface area contributed by atoms with E-state index >= 15 is 0 Å². The molecule has 1 aliphatic rings. The fourth-order valence-electron chi connectivity index (χ4n) is 2.14. The van der Waals surface area contributed by atoms with E-state index in [9.17, 15) is 0 Å². The van der Waals surface area contributed by atoms with E-state index < -0.39 is 0 Å². The molecule has 1 aliphatic heterocycles. The lowest BCUT2D eigenvalue weighted by molar-refractivity contribution is 0.414. The summed E-state index contributed by atoms with van der Waals surface area (Å²) in [5.41, 5.74) is 2.70. The van der Waals surface area contributed by atoms with Crippen LogP contribution in [0.5, 0.6) is 5.75 Å². The van der Waals surface area contributed by atoms with E-state index in [2.05, 4.69) is 50.6 Å². The lowest BCUT2D eigenvalue weighted by Crippen LogP contribution is -2.09. The van der Waals surface area contributed by atoms with Crippen LogP contribution in [-0.2, 0) is 13.1 Å². The number of hydrogen-bond acceptors (Lipinski definition) is 3. The molecule has 0 bridgehead atoms. The zero-order valence-corrected chi connectivity index (χ0v) is 13.0. The molecule has 4 heteroatoms. The molecule has 3 rings (SSSR count). The molecule has 0 saturated carbocycles. The maximum absolute atomic E-state index is 5.18. The molecule has 0 atom stereocenters. The highest BCUT2D eigenvalue weighted by Crippen LogP contribution is 2.38. The van der Waals surface area contributed by atoms with Crippen LogP contribution in [0.2, 0.25) is 0 Å². The summed E-state index contributed by atoms with van der Waals surface area (Å²) in [7, 11) is 1.69. The Morgan fingerprint density at radius 2 is 2.00 bits per heavy atom. The van der Waals surface area contributed by atoms with Crippen LogP contribution in [0.25, 0.3) is 0 Å². The maximum Gasteiger partial charge on any atom is 0.118 e. The van der Waals surface area contributed by atoms with E-state index in [1.165, 1.54) is 16.0 Å². The minimum atomic E-state index is 0.907. The summed E-state index contributed by atoms with van der Waals surface area (Å²) in [6.07, 6.45) is 0. The van der Waals surface area contributed by atoms with E-state index in [1.807, 2.05) is 24.1 Å². The average Bonchev–Trinajstić information content (AvgIpc) is 2.81. The van der Waals surface area contributed by atoms with Gasteiger partial charge in [-0.15, -0.1) is 0 Å². The van der Waals surface area contributed by atoms with Gasteiger partial charge in [-0.3, -0.25) is 0 Å². The van der Waals surface area contributed by atoms with Crippen molar-refractivity contribution in [2.45, 2.75) is 18.0 Å². The zero-order valence-electron chi connectivity index (χ0n) is 10.6. The summed E-state index contributed by atoms with van der Waals surface area (Å²) in [6.45, 7) is 1.94. The monoisotopic (exact) mass is 335 g/mol. The molecule has 0 unspecified atom stereocenters. The molecule has 0 N–H and O–H groups in total. The van der Waals surface area contributed by atoms with Gasteiger partial charge in [0.2, 0.25) is 0 Å². The van der Waals surface area contributed by atoms with Crippen LogP contribution in [0.4, 0.5) is 0 Å². The van der Waals surface area contributed by atoms with Gasteiger partial charge >= 0.3 is 0 Å². The molecule has 0 fully saturated rings. The van der Waals surface area contributed by atoms with Crippen LogP contribution in [0.15, 0.2) is 51.8 Å². The Labute approximate surface area is 126 Å². The van der Waals surface area contributed by atoms with Gasteiger partial charge in [0, 0.05) is 22.5 Å². The molecule has 2 aromatic carbocycles. The highest BCUT2D eigenvalue weighted by Gasteiger charge is 2.20. The molecule has 0 saturated heterocycles. The molecule has 0 spiro atoms. The van der Waals surface area contributed by atoms with E-state index in [-0.39, 0.29) is 0 Å². The third-order valence-electron chi connectivity index (χ3n) is 3.11. The van der Waals surface area contributed by atoms with Gasteiger partial charge in [-0.25, -0.2) is 4.31 Å². The molecule has 0 amide bonds. The Morgan fingerprint density at radius 3 is 2.74 bits per heavy atom. The Bertz CT molecular complexity index is 585. The third kappa shape index (κ3) is 2.96. The van der Waals surface area contributed by atoms with Crippen LogP contribution in [-0.4, -0.2) is 11.4 Å². The number of ether oxygens (including phenoxy) is 1. The second kappa shape index (κ2) is 5.57. The van der Waals surface area contributed by atoms with Gasteiger partial charge < -0.3 is 4.74 Å². The van der Waals surface area contributed by atoms with Gasteiger partial charge in [0.1, 0.15) is 5.75 Å². The first-order chi connectivity index (χ1) is 9.24. The Hall–Kier alpha value is -0.970.